The molecule has 0 aromatic heterocycles. The average Bonchev–Trinajstić information content (AvgIpc) is 0. The number of hydrogen-bond donors (Lipinski definition) is 0. The summed E-state index contributed by atoms with van der Waals surface area (Å²) in [5.74, 6) is 0. The minimum atomic E-state index is 0. The smallest absolute Gasteiger partial charge is 1.00 e. The molecule has 0 heterocycles. The molecule has 0 aliphatic heterocycles. The molecule has 0 unspecified atom stereocenters. The zero-order chi connectivity index (χ0) is 0. The molecule has 0 fully saturated rings. The molecule has 0 aromatic carbocycles. The van der Waals surface area contributed by atoms with Gasteiger partial charge in [0.05, 0.1) is 0 Å². The fourth-order valence-electron chi connectivity index (χ4n) is 0. The van der Waals surface area contributed by atoms with Crippen LogP contribution in [0.25, 0.3) is 0 Å². The first-order chi connectivity index (χ1) is 0. The van der Waals surface area contributed by atoms with Crippen molar-refractivity contribution in [1.82, 2.24) is 0 Å². The molecule has 0 saturated carbocycles. The van der Waals surface area contributed by atoms with Crippen molar-refractivity contribution in [3.63, 3.8) is 0 Å². The molecule has 30 valence electrons. The van der Waals surface area contributed by atoms with Gasteiger partial charge in [0, 0.05) is 19.5 Å². The molecule has 0 amide bonds. The zero-order valence-electron chi connectivity index (χ0n) is 5.12. The monoisotopic (exact) mass is 338 g/mol. The van der Waals surface area contributed by atoms with Crippen LogP contribution < -0.4 is 0 Å². The van der Waals surface area contributed by atoms with Crippen LogP contribution in [0.15, 0.2) is 0 Å². The predicted molar refractivity (Wildman–Crippen MR) is 25.1 cm³/mol. The third kappa shape index (κ3) is 22.6. The van der Waals surface area contributed by atoms with E-state index in [1.165, 1.54) is 0 Å². The maximum absolute atomic E-state index is 0. The largest absolute Gasteiger partial charge is 2.00 e. The Hall–Kier alpha value is 2.19. The van der Waals surface area contributed by atoms with E-state index < -0.39 is 0 Å². The summed E-state index contributed by atoms with van der Waals surface area (Å²) in [4.78, 5) is 0. The first-order valence-electron chi connectivity index (χ1n) is 0. The minimum Gasteiger partial charge on any atom is -1.00 e. The molecule has 4 N–H and O–H groups in total. The van der Waals surface area contributed by atoms with E-state index >= 15 is 0 Å². The normalized spacial score (nSPS) is 0. The van der Waals surface area contributed by atoms with Gasteiger partial charge < -0.3 is 13.8 Å². The third-order valence-corrected chi connectivity index (χ3v) is 0. The van der Waals surface area contributed by atoms with Crippen LogP contribution in [-0.2, 0) is 19.5 Å². The van der Waals surface area contributed by atoms with Gasteiger partial charge in [-0.25, -0.2) is 0 Å². The first kappa shape index (κ1) is 57.4. The number of rotatable bonds is 0. The molecule has 0 spiro atoms. The zero-order valence-corrected chi connectivity index (χ0v) is 13.0. The second-order valence-corrected chi connectivity index (χ2v) is 0. The van der Waals surface area contributed by atoms with Crippen molar-refractivity contribution < 1.29 is 33.3 Å². The van der Waals surface area contributed by atoms with Crippen LogP contribution >= 0.6 is 0 Å². The second-order valence-electron chi connectivity index (χ2n) is 0. The van der Waals surface area contributed by atoms with E-state index in [0.717, 1.165) is 0 Å². The van der Waals surface area contributed by atoms with Gasteiger partial charge in [-0.05, 0) is 0 Å². The molecule has 0 aromatic rings. The molecule has 0 aliphatic carbocycles. The van der Waals surface area contributed by atoms with E-state index in [1.54, 1.807) is 0 Å². The second kappa shape index (κ2) is 34.7. The Balaban J connectivity index is 0. The van der Waals surface area contributed by atoms with Crippen LogP contribution in [0.1, 0.15) is 2.85 Å². The van der Waals surface area contributed by atoms with Crippen molar-refractivity contribution >= 4 is 49.3 Å². The third-order valence-electron chi connectivity index (χ3n) is 0. The van der Waals surface area contributed by atoms with Gasteiger partial charge in [-0.15, -0.1) is 0 Å². The Bertz CT molecular complexity index is 15.7. The van der Waals surface area contributed by atoms with Crippen molar-refractivity contribution in [3.8, 4) is 0 Å². The fraction of sp³-hybridized carbons (Fsp3) is 0. The van der Waals surface area contributed by atoms with Crippen LogP contribution in [0, 0.1) is 0 Å². The van der Waals surface area contributed by atoms with E-state index in [2.05, 4.69) is 0 Å². The summed E-state index contributed by atoms with van der Waals surface area (Å²) in [5, 5.41) is 0. The van der Waals surface area contributed by atoms with E-state index in [-0.39, 0.29) is 82.5 Å². The van der Waals surface area contributed by atoms with Gasteiger partial charge in [0.2, 0.25) is 0 Å². The van der Waals surface area contributed by atoms with Gasteiger partial charge in [-0.2, -0.15) is 0 Å². The molecule has 0 bridgehead atoms. The summed E-state index contributed by atoms with van der Waals surface area (Å²) in [5.41, 5.74) is 0. The molecular formula is H9BiMgO2Zn. The SMILES string of the molecule is O.O.[BiH3].[H-].[H-].[Mg+2].[Zn]. The van der Waals surface area contributed by atoms with Crippen molar-refractivity contribution in [2.24, 2.45) is 0 Å². The fourth-order valence-corrected chi connectivity index (χ4v) is 0. The molecule has 5 heavy (non-hydrogen) atoms. The molecule has 0 saturated heterocycles. The van der Waals surface area contributed by atoms with Crippen LogP contribution in [0.4, 0.5) is 0 Å². The van der Waals surface area contributed by atoms with Gasteiger partial charge in [0.15, 0.2) is 0 Å². The molecule has 5 heteroatoms. The van der Waals surface area contributed by atoms with Gasteiger partial charge in [-0.1, -0.05) is 0 Å². The summed E-state index contributed by atoms with van der Waals surface area (Å²) in [6, 6.07) is 0. The van der Waals surface area contributed by atoms with Gasteiger partial charge in [-0.3, -0.25) is 0 Å². The maximum atomic E-state index is 0. The van der Waals surface area contributed by atoms with Gasteiger partial charge in [0.25, 0.3) is 0 Å². The van der Waals surface area contributed by atoms with Crippen molar-refractivity contribution in [2.75, 3.05) is 0 Å². The van der Waals surface area contributed by atoms with E-state index in [0.29, 0.717) is 0 Å². The summed E-state index contributed by atoms with van der Waals surface area (Å²) in [6.45, 7) is 0. The van der Waals surface area contributed by atoms with Gasteiger partial charge >= 0.3 is 49.3 Å². The molecule has 0 radical (unpaired) electrons. The summed E-state index contributed by atoms with van der Waals surface area (Å²) in [6.07, 6.45) is 0. The molecule has 0 rings (SSSR count). The maximum Gasteiger partial charge on any atom is 2.00 e. The van der Waals surface area contributed by atoms with Crippen LogP contribution in [0.5, 0.6) is 0 Å². The summed E-state index contributed by atoms with van der Waals surface area (Å²) in [7, 11) is 0. The predicted octanol–water partition coefficient (Wildman–Crippen LogP) is -2.99. The minimum absolute atomic E-state index is 0. The molecular weight excluding hydrogens is 331 g/mol. The molecule has 2 nitrogen and oxygen atoms in total. The Morgan fingerprint density at radius 2 is 1.00 bits per heavy atom. The Morgan fingerprint density at radius 1 is 1.00 bits per heavy atom. The topological polar surface area (TPSA) is 63.0 Å². The van der Waals surface area contributed by atoms with Crippen LogP contribution in [0.3, 0.4) is 0 Å². The molecule has 0 atom stereocenters. The Morgan fingerprint density at radius 3 is 1.00 bits per heavy atom. The van der Waals surface area contributed by atoms with Crippen LogP contribution in [0.2, 0.25) is 0 Å². The summed E-state index contributed by atoms with van der Waals surface area (Å²) < 4.78 is 0. The van der Waals surface area contributed by atoms with E-state index in [4.69, 9.17) is 0 Å². The van der Waals surface area contributed by atoms with Crippen molar-refractivity contribution in [3.05, 3.63) is 0 Å². The Kier molecular flexibility index (Phi) is 398. The van der Waals surface area contributed by atoms with Crippen LogP contribution in [-0.4, -0.2) is 60.2 Å². The quantitative estimate of drug-likeness (QED) is 0.423. The average molecular weight is 340 g/mol. The standard InChI is InChI=1S/Bi.Mg.2H2O.Zn.5H/h;;2*1H2;;;;;;/q;+2;;;;;;;2*-1. The Labute approximate surface area is 81.7 Å². The van der Waals surface area contributed by atoms with E-state index in [1.807, 2.05) is 0 Å². The van der Waals surface area contributed by atoms with Gasteiger partial charge in [0.1, 0.15) is 0 Å². The summed E-state index contributed by atoms with van der Waals surface area (Å²) >= 11 is 0. The van der Waals surface area contributed by atoms with Crippen molar-refractivity contribution in [1.29, 1.82) is 0 Å². The van der Waals surface area contributed by atoms with Crippen molar-refractivity contribution in [2.45, 2.75) is 0 Å². The first-order valence-corrected chi connectivity index (χ1v) is 0. The number of hydrogen-bond acceptors (Lipinski definition) is 0. The molecule has 0 aliphatic rings. The van der Waals surface area contributed by atoms with E-state index in [9.17, 15) is 0 Å².